The second kappa shape index (κ2) is 6.97. The van der Waals surface area contributed by atoms with Gasteiger partial charge in [0, 0.05) is 23.6 Å². The van der Waals surface area contributed by atoms with Gasteiger partial charge >= 0.3 is 0 Å². The lowest BCUT2D eigenvalue weighted by Gasteiger charge is -2.11. The molecule has 0 saturated heterocycles. The third-order valence-electron chi connectivity index (χ3n) is 2.33. The number of methoxy groups -OCH3 is 1. The molecule has 4 heteroatoms. The maximum absolute atomic E-state index is 11.4. The minimum Gasteiger partial charge on any atom is -0.496 e. The summed E-state index contributed by atoms with van der Waals surface area (Å²) in [5.74, 6) is 0.661. The minimum atomic E-state index is -0.0214. The van der Waals surface area contributed by atoms with Crippen molar-refractivity contribution in [1.29, 1.82) is 0 Å². The second-order valence-corrected chi connectivity index (χ2v) is 3.93. The van der Waals surface area contributed by atoms with E-state index in [-0.39, 0.29) is 5.91 Å². The number of carbonyl (C=O) groups excluding carboxylic acids is 1. The van der Waals surface area contributed by atoms with E-state index in [9.17, 15) is 4.79 Å². The molecule has 0 radical (unpaired) electrons. The van der Waals surface area contributed by atoms with Crippen molar-refractivity contribution in [1.82, 2.24) is 5.32 Å². The number of rotatable bonds is 6. The molecule has 0 unspecified atom stereocenters. The minimum absolute atomic E-state index is 0.0214. The average molecular weight is 254 g/mol. The molecule has 92 valence electrons. The number of nitrogens with one attached hydrogen (secondary N) is 1. The Hall–Kier alpha value is -1.48. The summed E-state index contributed by atoms with van der Waals surface area (Å²) in [5, 5.41) is 3.39. The number of allylic oxidation sites excluding steroid dienone is 1. The van der Waals surface area contributed by atoms with Crippen molar-refractivity contribution in [2.24, 2.45) is 0 Å². The number of amides is 1. The van der Waals surface area contributed by atoms with Crippen LogP contribution >= 0.6 is 11.6 Å². The fourth-order valence-corrected chi connectivity index (χ4v) is 1.64. The predicted molar refractivity (Wildman–Crippen MR) is 69.3 cm³/mol. The second-order valence-electron chi connectivity index (χ2n) is 3.52. The van der Waals surface area contributed by atoms with Gasteiger partial charge in [-0.25, -0.2) is 0 Å². The van der Waals surface area contributed by atoms with Gasteiger partial charge in [-0.05, 0) is 18.6 Å². The number of ether oxygens (including phenoxy) is 1. The lowest BCUT2D eigenvalue weighted by atomic mass is 10.2. The molecule has 17 heavy (non-hydrogen) atoms. The van der Waals surface area contributed by atoms with Gasteiger partial charge in [-0.1, -0.05) is 23.7 Å². The van der Waals surface area contributed by atoms with Gasteiger partial charge in [0.2, 0.25) is 5.91 Å². The summed E-state index contributed by atoms with van der Waals surface area (Å²) in [5.41, 5.74) is 0.795. The van der Waals surface area contributed by atoms with Crippen LogP contribution < -0.4 is 10.1 Å². The van der Waals surface area contributed by atoms with E-state index in [0.717, 1.165) is 5.56 Å². The molecule has 0 aliphatic rings. The van der Waals surface area contributed by atoms with E-state index in [1.807, 2.05) is 12.1 Å². The first-order chi connectivity index (χ1) is 8.19. The van der Waals surface area contributed by atoms with Crippen LogP contribution in [-0.2, 0) is 11.3 Å². The quantitative estimate of drug-likeness (QED) is 0.792. The number of carbonyl (C=O) groups is 1. The molecule has 0 atom stereocenters. The summed E-state index contributed by atoms with van der Waals surface area (Å²) in [6.07, 6.45) is 2.83. The van der Waals surface area contributed by atoms with Crippen LogP contribution in [0.4, 0.5) is 0 Å². The first-order valence-electron chi connectivity index (χ1n) is 5.38. The van der Waals surface area contributed by atoms with Gasteiger partial charge in [0.05, 0.1) is 7.11 Å². The fraction of sp³-hybridized carbons (Fsp3) is 0.308. The van der Waals surface area contributed by atoms with Crippen LogP contribution in [0.1, 0.15) is 18.4 Å². The maximum atomic E-state index is 11.4. The summed E-state index contributed by atoms with van der Waals surface area (Å²) in [6.45, 7) is 3.95. The van der Waals surface area contributed by atoms with Gasteiger partial charge in [0.25, 0.3) is 0 Å². The van der Waals surface area contributed by atoms with Crippen LogP contribution in [0.15, 0.2) is 30.9 Å². The third kappa shape index (κ3) is 4.11. The zero-order valence-corrected chi connectivity index (χ0v) is 10.6. The molecule has 0 saturated carbocycles. The van der Waals surface area contributed by atoms with Crippen LogP contribution in [0, 0.1) is 0 Å². The number of halogens is 1. The van der Waals surface area contributed by atoms with E-state index in [0.29, 0.717) is 30.2 Å². The highest BCUT2D eigenvalue weighted by Crippen LogP contribution is 2.25. The standard InChI is InChI=1S/C13H16ClNO2/c1-3-4-8-13(16)15-9-10-11(14)6-5-7-12(10)17-2/h3,5-7H,1,4,8-9H2,2H3,(H,15,16). The fourth-order valence-electron chi connectivity index (χ4n) is 1.41. The van der Waals surface area contributed by atoms with Crippen molar-refractivity contribution in [2.75, 3.05) is 7.11 Å². The normalized spacial score (nSPS) is 9.76. The molecule has 1 amide bonds. The van der Waals surface area contributed by atoms with Crippen molar-refractivity contribution >= 4 is 17.5 Å². The van der Waals surface area contributed by atoms with Crippen LogP contribution in [0.5, 0.6) is 5.75 Å². The highest BCUT2D eigenvalue weighted by Gasteiger charge is 2.08. The van der Waals surface area contributed by atoms with Gasteiger partial charge < -0.3 is 10.1 Å². The van der Waals surface area contributed by atoms with Crippen LogP contribution in [0.2, 0.25) is 5.02 Å². The van der Waals surface area contributed by atoms with Gasteiger partial charge in [0.1, 0.15) is 5.75 Å². The topological polar surface area (TPSA) is 38.3 Å². The summed E-state index contributed by atoms with van der Waals surface area (Å²) >= 11 is 6.05. The Labute approximate surface area is 106 Å². The van der Waals surface area contributed by atoms with Crippen molar-refractivity contribution in [3.63, 3.8) is 0 Å². The van der Waals surface area contributed by atoms with Crippen LogP contribution in [0.3, 0.4) is 0 Å². The highest BCUT2D eigenvalue weighted by molar-refractivity contribution is 6.31. The molecule has 0 aliphatic carbocycles. The highest BCUT2D eigenvalue weighted by atomic mass is 35.5. The van der Waals surface area contributed by atoms with Gasteiger partial charge in [-0.15, -0.1) is 6.58 Å². The zero-order chi connectivity index (χ0) is 12.7. The average Bonchev–Trinajstić information content (AvgIpc) is 2.34. The Morgan fingerprint density at radius 3 is 3.00 bits per heavy atom. The molecule has 3 nitrogen and oxygen atoms in total. The van der Waals surface area contributed by atoms with E-state index < -0.39 is 0 Å². The zero-order valence-electron chi connectivity index (χ0n) is 9.83. The molecule has 0 aromatic heterocycles. The predicted octanol–water partition coefficient (Wildman–Crippen LogP) is 2.93. The Bertz CT molecular complexity index is 404. The number of hydrogen-bond donors (Lipinski definition) is 1. The van der Waals surface area contributed by atoms with Crippen molar-refractivity contribution in [2.45, 2.75) is 19.4 Å². The van der Waals surface area contributed by atoms with E-state index in [1.54, 1.807) is 19.3 Å². The van der Waals surface area contributed by atoms with E-state index in [2.05, 4.69) is 11.9 Å². The molecule has 0 aliphatic heterocycles. The van der Waals surface area contributed by atoms with Crippen LogP contribution in [0.25, 0.3) is 0 Å². The first kappa shape index (κ1) is 13.6. The van der Waals surface area contributed by atoms with Gasteiger partial charge in [-0.3, -0.25) is 4.79 Å². The summed E-state index contributed by atoms with van der Waals surface area (Å²) in [4.78, 5) is 11.4. The molecular weight excluding hydrogens is 238 g/mol. The summed E-state index contributed by atoms with van der Waals surface area (Å²) in [7, 11) is 1.58. The van der Waals surface area contributed by atoms with E-state index in [4.69, 9.17) is 16.3 Å². The van der Waals surface area contributed by atoms with Crippen LogP contribution in [-0.4, -0.2) is 13.0 Å². The van der Waals surface area contributed by atoms with Crippen molar-refractivity contribution in [3.8, 4) is 5.75 Å². The largest absolute Gasteiger partial charge is 0.496 e. The summed E-state index contributed by atoms with van der Waals surface area (Å²) in [6, 6.07) is 5.40. The SMILES string of the molecule is C=CCCC(=O)NCc1c(Cl)cccc1OC. The van der Waals surface area contributed by atoms with Gasteiger partial charge in [-0.2, -0.15) is 0 Å². The lowest BCUT2D eigenvalue weighted by Crippen LogP contribution is -2.22. The number of benzene rings is 1. The summed E-state index contributed by atoms with van der Waals surface area (Å²) < 4.78 is 5.19. The number of hydrogen-bond acceptors (Lipinski definition) is 2. The molecule has 0 heterocycles. The van der Waals surface area contributed by atoms with E-state index >= 15 is 0 Å². The lowest BCUT2D eigenvalue weighted by molar-refractivity contribution is -0.121. The van der Waals surface area contributed by atoms with E-state index in [1.165, 1.54) is 0 Å². The molecular formula is C13H16ClNO2. The molecule has 1 aromatic rings. The Morgan fingerprint density at radius 2 is 2.35 bits per heavy atom. The Balaban J connectivity index is 2.62. The molecule has 1 aromatic carbocycles. The molecule has 0 bridgehead atoms. The third-order valence-corrected chi connectivity index (χ3v) is 2.69. The molecule has 1 N–H and O–H groups in total. The molecule has 0 spiro atoms. The Kier molecular flexibility index (Phi) is 5.57. The van der Waals surface area contributed by atoms with Gasteiger partial charge in [0.15, 0.2) is 0 Å². The molecule has 0 fully saturated rings. The molecule has 1 rings (SSSR count). The smallest absolute Gasteiger partial charge is 0.220 e. The Morgan fingerprint density at radius 1 is 1.59 bits per heavy atom. The maximum Gasteiger partial charge on any atom is 0.220 e. The van der Waals surface area contributed by atoms with Crippen molar-refractivity contribution < 1.29 is 9.53 Å². The monoisotopic (exact) mass is 253 g/mol. The van der Waals surface area contributed by atoms with Crippen molar-refractivity contribution in [3.05, 3.63) is 41.4 Å². The first-order valence-corrected chi connectivity index (χ1v) is 5.75.